The summed E-state index contributed by atoms with van der Waals surface area (Å²) in [6.45, 7) is 14.5. The number of rotatable bonds is 11. The van der Waals surface area contributed by atoms with Crippen molar-refractivity contribution < 1.29 is 4.79 Å². The number of thiophene rings is 1. The molecule has 1 heterocycles. The van der Waals surface area contributed by atoms with Crippen molar-refractivity contribution >= 4 is 33.4 Å². The zero-order chi connectivity index (χ0) is 25.4. The van der Waals surface area contributed by atoms with Gasteiger partial charge < -0.3 is 5.32 Å². The lowest BCUT2D eigenvalue weighted by Gasteiger charge is -2.32. The summed E-state index contributed by atoms with van der Waals surface area (Å²) in [7, 11) is 0. The van der Waals surface area contributed by atoms with Crippen LogP contribution in [0.5, 0.6) is 0 Å². The van der Waals surface area contributed by atoms with E-state index >= 15 is 0 Å². The first-order valence-electron chi connectivity index (χ1n) is 13.6. The summed E-state index contributed by atoms with van der Waals surface area (Å²) in [5, 5.41) is 4.26. The molecule has 0 saturated carbocycles. The fourth-order valence-corrected chi connectivity index (χ4v) is 6.38. The van der Waals surface area contributed by atoms with Gasteiger partial charge in [0.25, 0.3) is 5.91 Å². The fraction of sp³-hybridized carbons (Fsp3) is 0.531. The topological polar surface area (TPSA) is 29.1 Å². The summed E-state index contributed by atoms with van der Waals surface area (Å²) in [4.78, 5) is 14.3. The molecule has 1 unspecified atom stereocenters. The number of nitrogens with one attached hydrogen (secondary N) is 1. The minimum absolute atomic E-state index is 0.0550. The van der Waals surface area contributed by atoms with Gasteiger partial charge in [-0.1, -0.05) is 89.3 Å². The van der Waals surface area contributed by atoms with Crippen LogP contribution in [0.3, 0.4) is 0 Å². The van der Waals surface area contributed by atoms with Gasteiger partial charge in [0, 0.05) is 21.5 Å². The van der Waals surface area contributed by atoms with Crippen LogP contribution in [0.1, 0.15) is 108 Å². The van der Waals surface area contributed by atoms with E-state index in [9.17, 15) is 4.79 Å². The second kappa shape index (κ2) is 12.7. The third-order valence-electron chi connectivity index (χ3n) is 7.62. The molecule has 1 amide bonds. The van der Waals surface area contributed by atoms with Crippen LogP contribution in [0, 0.1) is 11.3 Å². The van der Waals surface area contributed by atoms with Gasteiger partial charge >= 0.3 is 0 Å². The molecule has 0 radical (unpaired) electrons. The minimum Gasteiger partial charge on any atom is -0.352 e. The lowest BCUT2D eigenvalue weighted by molar-refractivity contribution is 0.0954. The molecule has 1 aliphatic rings. The summed E-state index contributed by atoms with van der Waals surface area (Å²) in [6, 6.07) is 8.28. The lowest BCUT2D eigenvalue weighted by Crippen LogP contribution is -2.24. The number of carbonyl (C=O) groups excluding carboxylic acids is 1. The second-order valence-electron chi connectivity index (χ2n) is 11.1. The summed E-state index contributed by atoms with van der Waals surface area (Å²) >= 11 is 1.71. The molecule has 0 bridgehead atoms. The predicted molar refractivity (Wildman–Crippen MR) is 155 cm³/mol. The number of allylic oxidation sites excluding steroid dienone is 5. The van der Waals surface area contributed by atoms with Gasteiger partial charge in [0.1, 0.15) is 0 Å². The Morgan fingerprint density at radius 3 is 2.71 bits per heavy atom. The first kappa shape index (κ1) is 27.5. The average molecular weight is 492 g/mol. The lowest BCUT2D eigenvalue weighted by atomic mass is 9.72. The fourth-order valence-electron chi connectivity index (χ4n) is 5.17. The highest BCUT2D eigenvalue weighted by atomic mass is 32.1. The summed E-state index contributed by atoms with van der Waals surface area (Å²) in [6.07, 6.45) is 16.5. The number of amides is 1. The van der Waals surface area contributed by atoms with Crippen LogP contribution < -0.4 is 5.32 Å². The van der Waals surface area contributed by atoms with E-state index in [0.717, 1.165) is 34.7 Å². The average Bonchev–Trinajstić information content (AvgIpc) is 3.17. The molecular weight excluding hydrogens is 446 g/mol. The molecule has 0 saturated heterocycles. The van der Waals surface area contributed by atoms with Gasteiger partial charge in [-0.3, -0.25) is 4.79 Å². The standard InChI is InChI=1S/C32H45NOS/c1-7-23(2)14-9-8-12-21-33-31(34)30-26-16-10-11-17-28(26)35-29(30)22-24(3)18-19-27-25(4)15-13-20-32(27,5)6/h10-11,16-19,22-23H,7-9,12-15,20-21H2,1-6H3,(H,33,34)/b19-18+,24-22+. The monoisotopic (exact) mass is 491 g/mol. The van der Waals surface area contributed by atoms with E-state index in [1.54, 1.807) is 11.3 Å². The number of benzene rings is 1. The Balaban J connectivity index is 1.74. The third-order valence-corrected chi connectivity index (χ3v) is 8.74. The van der Waals surface area contributed by atoms with E-state index < -0.39 is 0 Å². The van der Waals surface area contributed by atoms with E-state index in [4.69, 9.17) is 0 Å². The largest absolute Gasteiger partial charge is 0.352 e. The molecule has 1 N–H and O–H groups in total. The van der Waals surface area contributed by atoms with E-state index in [1.807, 2.05) is 6.07 Å². The molecule has 2 aromatic rings. The number of hydrogen-bond acceptors (Lipinski definition) is 2. The summed E-state index contributed by atoms with van der Waals surface area (Å²) < 4.78 is 1.17. The SMILES string of the molecule is CCC(C)CCCCCNC(=O)c1c(/C=C(C)/C=C/C2=C(C)CCCC2(C)C)sc2ccccc12. The molecule has 3 rings (SSSR count). The Morgan fingerprint density at radius 1 is 1.20 bits per heavy atom. The smallest absolute Gasteiger partial charge is 0.253 e. The summed E-state index contributed by atoms with van der Waals surface area (Å²) in [5.74, 6) is 0.858. The molecule has 0 fully saturated rings. The first-order chi connectivity index (χ1) is 16.7. The molecule has 0 aliphatic heterocycles. The molecule has 3 heteroatoms. The molecule has 35 heavy (non-hydrogen) atoms. The number of fused-ring (bicyclic) bond motifs is 1. The maximum Gasteiger partial charge on any atom is 0.253 e. The van der Waals surface area contributed by atoms with Crippen LogP contribution in [0.2, 0.25) is 0 Å². The van der Waals surface area contributed by atoms with Crippen molar-refractivity contribution in [1.82, 2.24) is 5.32 Å². The number of hydrogen-bond donors (Lipinski definition) is 1. The second-order valence-corrected chi connectivity index (χ2v) is 12.2. The van der Waals surface area contributed by atoms with E-state index in [-0.39, 0.29) is 11.3 Å². The van der Waals surface area contributed by atoms with Crippen molar-refractivity contribution in [1.29, 1.82) is 0 Å². The van der Waals surface area contributed by atoms with Gasteiger partial charge in [0.15, 0.2) is 0 Å². The minimum atomic E-state index is 0.0550. The predicted octanol–water partition coefficient (Wildman–Crippen LogP) is 9.72. The highest BCUT2D eigenvalue weighted by Crippen LogP contribution is 2.41. The molecule has 1 aliphatic carbocycles. The normalized spacial score (nSPS) is 17.4. The van der Waals surface area contributed by atoms with Crippen molar-refractivity contribution in [3.05, 3.63) is 63.6 Å². The Hall–Kier alpha value is -2.13. The van der Waals surface area contributed by atoms with Crippen molar-refractivity contribution in [3.8, 4) is 0 Å². The van der Waals surface area contributed by atoms with Crippen molar-refractivity contribution in [2.45, 2.75) is 92.9 Å². The summed E-state index contributed by atoms with van der Waals surface area (Å²) in [5.41, 5.74) is 5.22. The van der Waals surface area contributed by atoms with Crippen LogP contribution in [-0.2, 0) is 0 Å². The Morgan fingerprint density at radius 2 is 1.97 bits per heavy atom. The van der Waals surface area contributed by atoms with Crippen LogP contribution in [0.25, 0.3) is 16.2 Å². The van der Waals surface area contributed by atoms with E-state index in [0.29, 0.717) is 0 Å². The molecule has 190 valence electrons. The molecule has 0 spiro atoms. The van der Waals surface area contributed by atoms with Gasteiger partial charge in [-0.2, -0.15) is 0 Å². The van der Waals surface area contributed by atoms with Gasteiger partial charge in [0.05, 0.1) is 5.56 Å². The van der Waals surface area contributed by atoms with E-state index in [2.05, 4.69) is 83.3 Å². The zero-order valence-electron chi connectivity index (χ0n) is 22.8. The van der Waals surface area contributed by atoms with Crippen molar-refractivity contribution in [2.75, 3.05) is 6.54 Å². The van der Waals surface area contributed by atoms with Gasteiger partial charge in [-0.05, 0) is 74.2 Å². The molecule has 2 nitrogen and oxygen atoms in total. The highest BCUT2D eigenvalue weighted by molar-refractivity contribution is 7.20. The van der Waals surface area contributed by atoms with Crippen molar-refractivity contribution in [3.63, 3.8) is 0 Å². The first-order valence-corrected chi connectivity index (χ1v) is 14.4. The van der Waals surface area contributed by atoms with Crippen LogP contribution in [0.15, 0.2) is 53.1 Å². The van der Waals surface area contributed by atoms with Crippen LogP contribution in [0.4, 0.5) is 0 Å². The number of unbranched alkanes of at least 4 members (excludes halogenated alkanes) is 2. The number of carbonyl (C=O) groups is 1. The zero-order valence-corrected chi connectivity index (χ0v) is 23.6. The van der Waals surface area contributed by atoms with Crippen molar-refractivity contribution in [2.24, 2.45) is 11.3 Å². The molecular formula is C32H45NOS. The molecule has 1 atom stereocenters. The van der Waals surface area contributed by atoms with E-state index in [1.165, 1.54) is 66.4 Å². The van der Waals surface area contributed by atoms with Gasteiger partial charge in [-0.25, -0.2) is 0 Å². The maximum atomic E-state index is 13.3. The third kappa shape index (κ3) is 7.43. The Labute approximate surface area is 217 Å². The van der Waals surface area contributed by atoms with Gasteiger partial charge in [-0.15, -0.1) is 11.3 Å². The Bertz CT molecular complexity index is 1100. The molecule has 1 aromatic carbocycles. The van der Waals surface area contributed by atoms with Crippen LogP contribution >= 0.6 is 11.3 Å². The molecule has 1 aromatic heterocycles. The van der Waals surface area contributed by atoms with Crippen LogP contribution in [-0.4, -0.2) is 12.5 Å². The Kier molecular flexibility index (Phi) is 9.98. The highest BCUT2D eigenvalue weighted by Gasteiger charge is 2.26. The maximum absolute atomic E-state index is 13.3. The quantitative estimate of drug-likeness (QED) is 0.246. The van der Waals surface area contributed by atoms with Gasteiger partial charge in [0.2, 0.25) is 0 Å².